The van der Waals surface area contributed by atoms with Crippen LogP contribution in [0.15, 0.2) is 18.2 Å². The first-order chi connectivity index (χ1) is 7.94. The van der Waals surface area contributed by atoms with Gasteiger partial charge in [0.05, 0.1) is 0 Å². The maximum atomic E-state index is 2.43. The highest BCUT2D eigenvalue weighted by molar-refractivity contribution is 5.28. The van der Waals surface area contributed by atoms with Crippen molar-refractivity contribution in [3.8, 4) is 0 Å². The lowest BCUT2D eigenvalue weighted by atomic mass is 9.70. The molecular formula is C17H26. The molecule has 1 unspecified atom stereocenters. The zero-order valence-corrected chi connectivity index (χ0v) is 11.8. The molecule has 94 valence electrons. The first-order valence-electron chi connectivity index (χ1n) is 7.02. The van der Waals surface area contributed by atoms with Gasteiger partial charge in [-0.05, 0) is 50.0 Å². The third kappa shape index (κ3) is 3.59. The smallest absolute Gasteiger partial charge is 0.0250 e. The van der Waals surface area contributed by atoms with Crippen molar-refractivity contribution in [1.29, 1.82) is 0 Å². The minimum atomic E-state index is 0.571. The van der Waals surface area contributed by atoms with E-state index in [1.54, 1.807) is 5.56 Å². The van der Waals surface area contributed by atoms with E-state index in [0.717, 1.165) is 5.92 Å². The van der Waals surface area contributed by atoms with Gasteiger partial charge < -0.3 is 0 Å². The average molecular weight is 230 g/mol. The lowest BCUT2D eigenvalue weighted by Gasteiger charge is -2.35. The number of hydrogen-bond donors (Lipinski definition) is 0. The molecule has 0 bridgehead atoms. The lowest BCUT2D eigenvalue weighted by molar-refractivity contribution is 0.180. The monoisotopic (exact) mass is 230 g/mol. The maximum Gasteiger partial charge on any atom is -0.0250 e. The summed E-state index contributed by atoms with van der Waals surface area (Å²) in [4.78, 5) is 0. The van der Waals surface area contributed by atoms with Crippen molar-refractivity contribution in [2.45, 2.75) is 59.8 Å². The SMILES string of the molecule is Cc1cc(C)cc(CC2CCCC(C)(C)C2)c1. The van der Waals surface area contributed by atoms with E-state index in [0.29, 0.717) is 5.41 Å². The summed E-state index contributed by atoms with van der Waals surface area (Å²) in [6.07, 6.45) is 6.95. The van der Waals surface area contributed by atoms with Crippen LogP contribution in [0.5, 0.6) is 0 Å². The summed E-state index contributed by atoms with van der Waals surface area (Å²) >= 11 is 0. The zero-order chi connectivity index (χ0) is 12.5. The minimum Gasteiger partial charge on any atom is -0.0599 e. The molecule has 0 aliphatic heterocycles. The third-order valence-corrected chi connectivity index (χ3v) is 4.11. The van der Waals surface area contributed by atoms with Crippen LogP contribution >= 0.6 is 0 Å². The second kappa shape index (κ2) is 4.84. The van der Waals surface area contributed by atoms with Crippen LogP contribution in [-0.4, -0.2) is 0 Å². The van der Waals surface area contributed by atoms with Crippen molar-refractivity contribution >= 4 is 0 Å². The fraction of sp³-hybridized carbons (Fsp3) is 0.647. The molecule has 1 aromatic rings. The maximum absolute atomic E-state index is 2.43. The minimum absolute atomic E-state index is 0.571. The molecule has 0 heterocycles. The fourth-order valence-corrected chi connectivity index (χ4v) is 3.55. The zero-order valence-electron chi connectivity index (χ0n) is 11.8. The predicted molar refractivity (Wildman–Crippen MR) is 75.4 cm³/mol. The van der Waals surface area contributed by atoms with Crippen molar-refractivity contribution in [3.05, 3.63) is 34.9 Å². The topological polar surface area (TPSA) is 0 Å². The highest BCUT2D eigenvalue weighted by Gasteiger charge is 2.27. The molecule has 0 saturated heterocycles. The van der Waals surface area contributed by atoms with Crippen LogP contribution in [0.3, 0.4) is 0 Å². The molecule has 0 N–H and O–H groups in total. The lowest BCUT2D eigenvalue weighted by Crippen LogP contribution is -2.23. The highest BCUT2D eigenvalue weighted by atomic mass is 14.3. The number of benzene rings is 1. The van der Waals surface area contributed by atoms with Gasteiger partial charge in [-0.1, -0.05) is 56.0 Å². The molecule has 1 atom stereocenters. The molecule has 0 heteroatoms. The molecule has 0 radical (unpaired) electrons. The third-order valence-electron chi connectivity index (χ3n) is 4.11. The summed E-state index contributed by atoms with van der Waals surface area (Å²) < 4.78 is 0. The summed E-state index contributed by atoms with van der Waals surface area (Å²) in [5.74, 6) is 0.903. The molecule has 1 aromatic carbocycles. The Bertz CT molecular complexity index is 367. The second-order valence-electron chi connectivity index (χ2n) is 6.83. The molecule has 0 nitrogen and oxygen atoms in total. The summed E-state index contributed by atoms with van der Waals surface area (Å²) in [5, 5.41) is 0. The van der Waals surface area contributed by atoms with E-state index in [-0.39, 0.29) is 0 Å². The number of rotatable bonds is 2. The molecule has 1 aliphatic carbocycles. The van der Waals surface area contributed by atoms with Gasteiger partial charge in [-0.2, -0.15) is 0 Å². The van der Waals surface area contributed by atoms with E-state index in [2.05, 4.69) is 45.9 Å². The van der Waals surface area contributed by atoms with Crippen molar-refractivity contribution in [2.24, 2.45) is 11.3 Å². The van der Waals surface area contributed by atoms with Crippen molar-refractivity contribution < 1.29 is 0 Å². The Morgan fingerprint density at radius 3 is 2.35 bits per heavy atom. The van der Waals surface area contributed by atoms with Gasteiger partial charge in [0.25, 0.3) is 0 Å². The van der Waals surface area contributed by atoms with Crippen molar-refractivity contribution in [1.82, 2.24) is 0 Å². The van der Waals surface area contributed by atoms with Crippen LogP contribution in [0.1, 0.15) is 56.2 Å². The molecule has 1 saturated carbocycles. The van der Waals surface area contributed by atoms with Crippen LogP contribution in [-0.2, 0) is 6.42 Å². The number of aryl methyl sites for hydroxylation is 2. The normalized spacial score (nSPS) is 23.6. The first-order valence-corrected chi connectivity index (χ1v) is 7.02. The van der Waals surface area contributed by atoms with Crippen LogP contribution in [0, 0.1) is 25.2 Å². The van der Waals surface area contributed by atoms with Gasteiger partial charge in [-0.3, -0.25) is 0 Å². The van der Waals surface area contributed by atoms with Crippen molar-refractivity contribution in [3.63, 3.8) is 0 Å². The van der Waals surface area contributed by atoms with Crippen LogP contribution in [0.4, 0.5) is 0 Å². The van der Waals surface area contributed by atoms with Crippen LogP contribution < -0.4 is 0 Å². The van der Waals surface area contributed by atoms with Gasteiger partial charge in [0, 0.05) is 0 Å². The quantitative estimate of drug-likeness (QED) is 0.666. The molecule has 2 rings (SSSR count). The van der Waals surface area contributed by atoms with Gasteiger partial charge in [-0.15, -0.1) is 0 Å². The van der Waals surface area contributed by atoms with Crippen LogP contribution in [0.2, 0.25) is 0 Å². The van der Waals surface area contributed by atoms with E-state index in [9.17, 15) is 0 Å². The summed E-state index contributed by atoms with van der Waals surface area (Å²) in [5.41, 5.74) is 4.94. The predicted octanol–water partition coefficient (Wildman–Crippen LogP) is 5.06. The fourth-order valence-electron chi connectivity index (χ4n) is 3.55. The Balaban J connectivity index is 2.05. The van der Waals surface area contributed by atoms with E-state index < -0.39 is 0 Å². The van der Waals surface area contributed by atoms with E-state index in [1.807, 2.05) is 0 Å². The van der Waals surface area contributed by atoms with E-state index in [4.69, 9.17) is 0 Å². The molecular weight excluding hydrogens is 204 g/mol. The average Bonchev–Trinajstić information content (AvgIpc) is 2.13. The molecule has 17 heavy (non-hydrogen) atoms. The van der Waals surface area contributed by atoms with E-state index in [1.165, 1.54) is 43.2 Å². The molecule has 0 aromatic heterocycles. The second-order valence-corrected chi connectivity index (χ2v) is 6.83. The summed E-state index contributed by atoms with van der Waals surface area (Å²) in [6.45, 7) is 9.28. The summed E-state index contributed by atoms with van der Waals surface area (Å²) in [7, 11) is 0. The van der Waals surface area contributed by atoms with E-state index >= 15 is 0 Å². The molecule has 1 aliphatic rings. The Morgan fingerprint density at radius 2 is 1.76 bits per heavy atom. The molecule has 1 fully saturated rings. The first kappa shape index (κ1) is 12.7. The highest BCUT2D eigenvalue weighted by Crippen LogP contribution is 2.39. The standard InChI is InChI=1S/C17H26/c1-13-8-14(2)10-16(9-13)11-15-6-5-7-17(3,4)12-15/h8-10,15H,5-7,11-12H2,1-4H3. The van der Waals surface area contributed by atoms with Gasteiger partial charge in [-0.25, -0.2) is 0 Å². The van der Waals surface area contributed by atoms with Gasteiger partial charge in [0.2, 0.25) is 0 Å². The van der Waals surface area contributed by atoms with Crippen LogP contribution in [0.25, 0.3) is 0 Å². The van der Waals surface area contributed by atoms with Crippen molar-refractivity contribution in [2.75, 3.05) is 0 Å². The Morgan fingerprint density at radius 1 is 1.12 bits per heavy atom. The molecule has 0 amide bonds. The number of hydrogen-bond acceptors (Lipinski definition) is 0. The largest absolute Gasteiger partial charge is 0.0599 e. The Labute approximate surface area is 106 Å². The Kier molecular flexibility index (Phi) is 3.61. The van der Waals surface area contributed by atoms with Gasteiger partial charge >= 0.3 is 0 Å². The molecule has 0 spiro atoms. The van der Waals surface area contributed by atoms with Gasteiger partial charge in [0.1, 0.15) is 0 Å². The Hall–Kier alpha value is -0.780. The van der Waals surface area contributed by atoms with Gasteiger partial charge in [0.15, 0.2) is 0 Å². The summed E-state index contributed by atoms with van der Waals surface area (Å²) in [6, 6.07) is 7.01.